The number of rotatable bonds is 2. The SMILES string of the molecule is O=C(O)CC1OC1O. The van der Waals surface area contributed by atoms with Gasteiger partial charge in [0.05, 0.1) is 6.42 Å². The lowest BCUT2D eigenvalue weighted by atomic mass is 10.3. The third-order valence-corrected chi connectivity index (χ3v) is 0.931. The third-order valence-electron chi connectivity index (χ3n) is 0.931. The number of epoxide rings is 1. The summed E-state index contributed by atoms with van der Waals surface area (Å²) in [6.45, 7) is 0. The van der Waals surface area contributed by atoms with Gasteiger partial charge in [-0.3, -0.25) is 4.79 Å². The normalized spacial score (nSPS) is 34.6. The van der Waals surface area contributed by atoms with Crippen molar-refractivity contribution in [3.63, 3.8) is 0 Å². The van der Waals surface area contributed by atoms with Crippen molar-refractivity contribution in [1.29, 1.82) is 0 Å². The van der Waals surface area contributed by atoms with Crippen LogP contribution in [-0.2, 0) is 9.53 Å². The largest absolute Gasteiger partial charge is 0.481 e. The predicted molar refractivity (Wildman–Crippen MR) is 23.1 cm³/mol. The molecule has 1 aliphatic rings. The summed E-state index contributed by atoms with van der Waals surface area (Å²) >= 11 is 0. The quantitative estimate of drug-likeness (QED) is 0.464. The van der Waals surface area contributed by atoms with Gasteiger partial charge >= 0.3 is 5.97 Å². The molecule has 0 aromatic rings. The molecule has 1 aliphatic heterocycles. The first-order chi connectivity index (χ1) is 3.70. The Morgan fingerprint density at radius 3 is 2.38 bits per heavy atom. The summed E-state index contributed by atoms with van der Waals surface area (Å²) in [5.41, 5.74) is 0. The zero-order valence-electron chi connectivity index (χ0n) is 4.07. The molecule has 0 radical (unpaired) electrons. The molecule has 0 aliphatic carbocycles. The molecule has 1 rings (SSSR count). The molecule has 1 heterocycles. The van der Waals surface area contributed by atoms with E-state index >= 15 is 0 Å². The molecule has 1 saturated heterocycles. The van der Waals surface area contributed by atoms with E-state index in [2.05, 4.69) is 4.74 Å². The number of hydrogen-bond acceptors (Lipinski definition) is 3. The van der Waals surface area contributed by atoms with Gasteiger partial charge in [-0.05, 0) is 0 Å². The summed E-state index contributed by atoms with van der Waals surface area (Å²) < 4.78 is 4.40. The monoisotopic (exact) mass is 118 g/mol. The van der Waals surface area contributed by atoms with E-state index in [1.54, 1.807) is 0 Å². The number of carboxylic acid groups (broad SMARTS) is 1. The lowest BCUT2D eigenvalue weighted by Gasteiger charge is -1.81. The van der Waals surface area contributed by atoms with Gasteiger partial charge in [0.15, 0.2) is 6.29 Å². The Morgan fingerprint density at radius 2 is 2.25 bits per heavy atom. The van der Waals surface area contributed by atoms with Crippen molar-refractivity contribution in [3.8, 4) is 0 Å². The third kappa shape index (κ3) is 1.18. The molecule has 2 atom stereocenters. The number of aliphatic carboxylic acids is 1. The van der Waals surface area contributed by atoms with E-state index < -0.39 is 18.4 Å². The highest BCUT2D eigenvalue weighted by Crippen LogP contribution is 2.21. The van der Waals surface area contributed by atoms with Gasteiger partial charge in [0.25, 0.3) is 0 Å². The van der Waals surface area contributed by atoms with Crippen LogP contribution in [0, 0.1) is 0 Å². The van der Waals surface area contributed by atoms with Crippen LogP contribution in [0.15, 0.2) is 0 Å². The summed E-state index contributed by atoms with van der Waals surface area (Å²) in [5, 5.41) is 16.4. The Balaban J connectivity index is 2.14. The summed E-state index contributed by atoms with van der Waals surface area (Å²) in [6.07, 6.45) is -1.38. The Hall–Kier alpha value is -0.610. The van der Waals surface area contributed by atoms with Crippen LogP contribution < -0.4 is 0 Å². The number of carboxylic acids is 1. The average molecular weight is 118 g/mol. The number of hydrogen-bond donors (Lipinski definition) is 2. The lowest BCUT2D eigenvalue weighted by Crippen LogP contribution is -2.01. The number of carbonyl (C=O) groups is 1. The smallest absolute Gasteiger partial charge is 0.306 e. The molecule has 8 heavy (non-hydrogen) atoms. The van der Waals surface area contributed by atoms with Crippen molar-refractivity contribution in [1.82, 2.24) is 0 Å². The molecule has 4 heteroatoms. The van der Waals surface area contributed by atoms with Gasteiger partial charge in [-0.2, -0.15) is 0 Å². The van der Waals surface area contributed by atoms with E-state index in [1.165, 1.54) is 0 Å². The van der Waals surface area contributed by atoms with E-state index in [-0.39, 0.29) is 6.42 Å². The zero-order valence-corrected chi connectivity index (χ0v) is 4.07. The second-order valence-corrected chi connectivity index (χ2v) is 1.66. The van der Waals surface area contributed by atoms with Crippen molar-refractivity contribution >= 4 is 5.97 Å². The molecule has 46 valence electrons. The van der Waals surface area contributed by atoms with Crippen molar-refractivity contribution < 1.29 is 19.7 Å². The minimum absolute atomic E-state index is 0.0961. The molecule has 0 aromatic carbocycles. The van der Waals surface area contributed by atoms with Crippen molar-refractivity contribution in [2.24, 2.45) is 0 Å². The molecule has 0 amide bonds. The maximum Gasteiger partial charge on any atom is 0.306 e. The zero-order chi connectivity index (χ0) is 6.15. The van der Waals surface area contributed by atoms with Crippen LogP contribution in [0.25, 0.3) is 0 Å². The second-order valence-electron chi connectivity index (χ2n) is 1.66. The Morgan fingerprint density at radius 1 is 1.75 bits per heavy atom. The standard InChI is InChI=1S/C4H6O4/c5-3(6)1-2-4(7)8-2/h2,4,7H,1H2,(H,5,6). The Labute approximate surface area is 45.7 Å². The molecular weight excluding hydrogens is 112 g/mol. The fourth-order valence-electron chi connectivity index (χ4n) is 0.455. The van der Waals surface area contributed by atoms with Gasteiger partial charge in [0, 0.05) is 0 Å². The van der Waals surface area contributed by atoms with Gasteiger partial charge in [0.1, 0.15) is 6.10 Å². The average Bonchev–Trinajstić information content (AvgIpc) is 2.17. The highest BCUT2D eigenvalue weighted by molar-refractivity contribution is 5.67. The Kier molecular flexibility index (Phi) is 1.19. The van der Waals surface area contributed by atoms with Crippen LogP contribution in [0.1, 0.15) is 6.42 Å². The maximum atomic E-state index is 9.80. The summed E-state index contributed by atoms with van der Waals surface area (Å²) in [7, 11) is 0. The minimum Gasteiger partial charge on any atom is -0.481 e. The molecule has 0 spiro atoms. The van der Waals surface area contributed by atoms with Gasteiger partial charge in [-0.25, -0.2) is 0 Å². The minimum atomic E-state index is -0.938. The van der Waals surface area contributed by atoms with Crippen LogP contribution in [0.5, 0.6) is 0 Å². The van der Waals surface area contributed by atoms with Gasteiger partial charge in [-0.15, -0.1) is 0 Å². The topological polar surface area (TPSA) is 70.1 Å². The second kappa shape index (κ2) is 1.72. The highest BCUT2D eigenvalue weighted by atomic mass is 16.7. The van der Waals surface area contributed by atoms with E-state index in [9.17, 15) is 4.79 Å². The first-order valence-electron chi connectivity index (χ1n) is 2.25. The van der Waals surface area contributed by atoms with Gasteiger partial charge in [0.2, 0.25) is 0 Å². The van der Waals surface area contributed by atoms with Crippen molar-refractivity contribution in [2.45, 2.75) is 18.8 Å². The molecule has 0 aromatic heterocycles. The number of aliphatic hydroxyl groups excluding tert-OH is 1. The Bertz CT molecular complexity index is 111. The summed E-state index contributed by atoms with van der Waals surface area (Å²) in [4.78, 5) is 9.80. The maximum absolute atomic E-state index is 9.80. The van der Waals surface area contributed by atoms with E-state index in [0.717, 1.165) is 0 Å². The van der Waals surface area contributed by atoms with Crippen LogP contribution in [-0.4, -0.2) is 28.6 Å². The van der Waals surface area contributed by atoms with E-state index in [0.29, 0.717) is 0 Å². The predicted octanol–water partition coefficient (Wildman–Crippen LogP) is -0.822. The number of aliphatic hydroxyl groups is 1. The molecule has 0 saturated carbocycles. The van der Waals surface area contributed by atoms with Crippen molar-refractivity contribution in [3.05, 3.63) is 0 Å². The fraction of sp³-hybridized carbons (Fsp3) is 0.750. The molecule has 4 nitrogen and oxygen atoms in total. The van der Waals surface area contributed by atoms with Crippen molar-refractivity contribution in [2.75, 3.05) is 0 Å². The van der Waals surface area contributed by atoms with Gasteiger partial charge < -0.3 is 14.9 Å². The first-order valence-corrected chi connectivity index (χ1v) is 2.25. The summed E-state index contributed by atoms with van der Waals surface area (Å²) in [6, 6.07) is 0. The molecule has 0 bridgehead atoms. The summed E-state index contributed by atoms with van der Waals surface area (Å²) in [5.74, 6) is -0.938. The van der Waals surface area contributed by atoms with E-state index in [1.807, 2.05) is 0 Å². The highest BCUT2D eigenvalue weighted by Gasteiger charge is 2.38. The molecule has 2 unspecified atom stereocenters. The van der Waals surface area contributed by atoms with E-state index in [4.69, 9.17) is 10.2 Å². The van der Waals surface area contributed by atoms with Crippen LogP contribution in [0.2, 0.25) is 0 Å². The molecular formula is C4H6O4. The molecule has 1 fully saturated rings. The van der Waals surface area contributed by atoms with Crippen LogP contribution in [0.4, 0.5) is 0 Å². The first kappa shape index (κ1) is 5.53. The lowest BCUT2D eigenvalue weighted by molar-refractivity contribution is -0.137. The molecule has 2 N–H and O–H groups in total. The van der Waals surface area contributed by atoms with Crippen LogP contribution in [0.3, 0.4) is 0 Å². The van der Waals surface area contributed by atoms with Gasteiger partial charge in [-0.1, -0.05) is 0 Å². The van der Waals surface area contributed by atoms with Crippen LogP contribution >= 0.6 is 0 Å². The number of ether oxygens (including phenoxy) is 1. The fourth-order valence-corrected chi connectivity index (χ4v) is 0.455.